The Morgan fingerprint density at radius 3 is 1.53 bits per heavy atom. The Bertz CT molecular complexity index is 1360. The van der Waals surface area contributed by atoms with Crippen molar-refractivity contribution in [1.29, 1.82) is 0 Å². The largest absolute Gasteiger partial charge is 0.456 e. The Morgan fingerprint density at radius 1 is 0.667 bits per heavy atom. The van der Waals surface area contributed by atoms with E-state index in [2.05, 4.69) is 28.8 Å². The first kappa shape index (κ1) is 48.7. The summed E-state index contributed by atoms with van der Waals surface area (Å²) in [6, 6.07) is 0. The second kappa shape index (κ2) is 29.6. The predicted molar refractivity (Wildman–Crippen MR) is 230 cm³/mol. The third-order valence-electron chi connectivity index (χ3n) is 12.0. The van der Waals surface area contributed by atoms with Crippen LogP contribution in [0.3, 0.4) is 0 Å². The van der Waals surface area contributed by atoms with Gasteiger partial charge in [-0.3, -0.25) is 14.2 Å². The van der Waals surface area contributed by atoms with Gasteiger partial charge in [-0.2, -0.15) is 0 Å². The number of ketones is 1. The molecule has 1 saturated heterocycles. The van der Waals surface area contributed by atoms with Crippen molar-refractivity contribution in [3.05, 3.63) is 12.7 Å². The fourth-order valence-electron chi connectivity index (χ4n) is 8.38. The normalized spacial score (nSPS) is 19.5. The number of aromatic nitrogens is 4. The highest BCUT2D eigenvalue weighted by molar-refractivity contribution is 5.90. The van der Waals surface area contributed by atoms with Gasteiger partial charge < -0.3 is 25.4 Å². The molecular weight excluding hydrogens is 719 g/mol. The molecular formula is C46H81N5O6. The summed E-state index contributed by atoms with van der Waals surface area (Å²) >= 11 is 0. The zero-order chi connectivity index (χ0) is 41.0. The van der Waals surface area contributed by atoms with Crippen molar-refractivity contribution >= 4 is 28.7 Å². The summed E-state index contributed by atoms with van der Waals surface area (Å²) in [5.74, 6) is -0.862. The topological polar surface area (TPSA) is 163 Å². The number of rotatable bonds is 36. The van der Waals surface area contributed by atoms with Crippen LogP contribution in [0.1, 0.15) is 226 Å². The van der Waals surface area contributed by atoms with Crippen LogP contribution in [0.15, 0.2) is 12.7 Å². The van der Waals surface area contributed by atoms with Crippen molar-refractivity contribution in [2.45, 2.75) is 243 Å². The molecule has 57 heavy (non-hydrogen) atoms. The molecule has 1 aliphatic rings. The highest BCUT2D eigenvalue weighted by Crippen LogP contribution is 2.43. The van der Waals surface area contributed by atoms with Gasteiger partial charge in [0, 0.05) is 12.8 Å². The van der Waals surface area contributed by atoms with Gasteiger partial charge in [-0.05, 0) is 12.8 Å². The highest BCUT2D eigenvalue weighted by Gasteiger charge is 2.63. The van der Waals surface area contributed by atoms with E-state index in [4.69, 9.17) is 15.2 Å². The van der Waals surface area contributed by atoms with Gasteiger partial charge in [0.1, 0.15) is 17.9 Å². The number of aliphatic hydroxyl groups is 2. The Kier molecular flexibility index (Phi) is 25.3. The molecule has 4 N–H and O–H groups in total. The molecule has 0 amide bonds. The number of nitrogens with two attached hydrogens (primary N) is 1. The summed E-state index contributed by atoms with van der Waals surface area (Å²) < 4.78 is 13.4. The molecule has 11 nitrogen and oxygen atoms in total. The molecule has 0 spiro atoms. The quantitative estimate of drug-likeness (QED) is 0.0446. The van der Waals surface area contributed by atoms with Gasteiger partial charge in [-0.15, -0.1) is 0 Å². The van der Waals surface area contributed by atoms with Crippen molar-refractivity contribution in [2.24, 2.45) is 0 Å². The summed E-state index contributed by atoms with van der Waals surface area (Å²) in [7, 11) is 0. The second-order valence-corrected chi connectivity index (χ2v) is 16.9. The minimum absolute atomic E-state index is 0.0869. The molecule has 0 aromatic carbocycles. The number of fused-ring (bicyclic) bond motifs is 1. The van der Waals surface area contributed by atoms with Crippen molar-refractivity contribution in [3.8, 4) is 0 Å². The molecule has 326 valence electrons. The van der Waals surface area contributed by atoms with E-state index >= 15 is 0 Å². The molecule has 1 fully saturated rings. The summed E-state index contributed by atoms with van der Waals surface area (Å²) in [4.78, 5) is 39.9. The summed E-state index contributed by atoms with van der Waals surface area (Å²) in [6.07, 6.45) is 35.6. The van der Waals surface area contributed by atoms with Gasteiger partial charge in [-0.25, -0.2) is 15.0 Å². The smallest absolute Gasteiger partial charge is 0.306 e. The van der Waals surface area contributed by atoms with Gasteiger partial charge in [0.05, 0.1) is 12.9 Å². The number of unbranched alkanes of at least 4 members (excludes halogenated alkanes) is 28. The predicted octanol–water partition coefficient (Wildman–Crippen LogP) is 11.0. The maximum Gasteiger partial charge on any atom is 0.306 e. The second-order valence-electron chi connectivity index (χ2n) is 16.9. The van der Waals surface area contributed by atoms with Crippen LogP contribution in [0.2, 0.25) is 0 Å². The van der Waals surface area contributed by atoms with Gasteiger partial charge in [0.2, 0.25) is 5.60 Å². The van der Waals surface area contributed by atoms with Crippen LogP contribution >= 0.6 is 0 Å². The fraction of sp³-hybridized carbons (Fsp3) is 0.848. The number of hydrogen-bond acceptors (Lipinski definition) is 10. The van der Waals surface area contributed by atoms with Crippen LogP contribution in [-0.4, -0.2) is 65.9 Å². The average Bonchev–Trinajstić information content (AvgIpc) is 3.77. The van der Waals surface area contributed by atoms with Crippen molar-refractivity contribution in [1.82, 2.24) is 19.5 Å². The first-order chi connectivity index (χ1) is 27.9. The molecule has 0 saturated carbocycles. The van der Waals surface area contributed by atoms with E-state index in [9.17, 15) is 19.8 Å². The van der Waals surface area contributed by atoms with E-state index in [1.165, 1.54) is 158 Å². The molecule has 1 aliphatic heterocycles. The first-order valence-electron chi connectivity index (χ1n) is 23.5. The zero-order valence-corrected chi connectivity index (χ0v) is 36.1. The van der Waals surface area contributed by atoms with Crippen molar-refractivity contribution in [3.63, 3.8) is 0 Å². The molecule has 11 heteroatoms. The van der Waals surface area contributed by atoms with Gasteiger partial charge in [0.25, 0.3) is 0 Å². The van der Waals surface area contributed by atoms with Crippen LogP contribution in [0, 0.1) is 0 Å². The number of carbonyl (C=O) groups is 2. The van der Waals surface area contributed by atoms with Crippen LogP contribution in [0.4, 0.5) is 5.82 Å². The Labute approximate surface area is 345 Å². The maximum atomic E-state index is 14.1. The van der Waals surface area contributed by atoms with E-state index in [-0.39, 0.29) is 24.3 Å². The van der Waals surface area contributed by atoms with E-state index in [0.717, 1.165) is 38.5 Å². The number of nitrogen functional groups attached to an aromatic ring is 1. The lowest BCUT2D eigenvalue weighted by Crippen LogP contribution is -2.55. The van der Waals surface area contributed by atoms with Crippen molar-refractivity contribution < 1.29 is 29.3 Å². The molecule has 0 radical (unpaired) electrons. The lowest BCUT2D eigenvalue weighted by Gasteiger charge is -2.32. The van der Waals surface area contributed by atoms with Gasteiger partial charge in [-0.1, -0.05) is 194 Å². The molecule has 4 atom stereocenters. The number of ether oxygens (including phenoxy) is 2. The standard InChI is InChI=1S/C46H81N5O6/c1-3-5-7-9-11-13-15-17-19-21-23-25-27-29-31-33-39(53)46(55)42(38(35-52)56-45(46)51-37-50-41-43(47)48-36-49-44(41)51)57-40(54)34-32-30-28-26-24-22-20-18-16-14-12-10-8-6-4-2/h36-38,42,45,52,55H,3-35H2,1-2H3,(H2,47,48,49)/t38-,42-,45-,46-/m1/s1. The van der Waals surface area contributed by atoms with Gasteiger partial charge in [0.15, 0.2) is 29.6 Å². The summed E-state index contributed by atoms with van der Waals surface area (Å²) in [6.45, 7) is 3.97. The molecule has 2 aromatic rings. The number of anilines is 1. The fourth-order valence-corrected chi connectivity index (χ4v) is 8.38. The molecule has 0 aliphatic carbocycles. The average molecular weight is 800 g/mol. The molecule has 0 unspecified atom stereocenters. The molecule has 3 heterocycles. The Morgan fingerprint density at radius 2 is 1.09 bits per heavy atom. The molecule has 2 aromatic heterocycles. The van der Waals surface area contributed by atoms with Crippen LogP contribution in [0.25, 0.3) is 11.2 Å². The lowest BCUT2D eigenvalue weighted by atomic mass is 9.86. The van der Waals surface area contributed by atoms with Gasteiger partial charge >= 0.3 is 5.97 Å². The number of carbonyl (C=O) groups excluding carboxylic acids is 2. The Balaban J connectivity index is 1.44. The molecule has 3 rings (SSSR count). The number of nitrogens with zero attached hydrogens (tertiary/aromatic N) is 4. The maximum absolute atomic E-state index is 14.1. The van der Waals surface area contributed by atoms with E-state index in [0.29, 0.717) is 18.4 Å². The number of imidazole rings is 1. The van der Waals surface area contributed by atoms with E-state index in [1.807, 2.05) is 0 Å². The van der Waals surface area contributed by atoms with Crippen LogP contribution < -0.4 is 5.73 Å². The van der Waals surface area contributed by atoms with Crippen LogP contribution in [0.5, 0.6) is 0 Å². The number of hydrogen-bond donors (Lipinski definition) is 3. The summed E-state index contributed by atoms with van der Waals surface area (Å²) in [5, 5.41) is 22.7. The SMILES string of the molecule is CCCCCCCCCCCCCCCCCC(=O)O[C@@H]1[C@@H](CO)O[C@@H](n2cnc3c(N)ncnc32)[C@@]1(O)C(=O)CCCCCCCCCCCCCCCCC. The minimum Gasteiger partial charge on any atom is -0.456 e. The lowest BCUT2D eigenvalue weighted by molar-refractivity contribution is -0.173. The van der Waals surface area contributed by atoms with Crippen molar-refractivity contribution in [2.75, 3.05) is 12.3 Å². The highest BCUT2D eigenvalue weighted by atomic mass is 16.6. The van der Waals surface area contributed by atoms with Crippen LogP contribution in [-0.2, 0) is 19.1 Å². The van der Waals surface area contributed by atoms with E-state index in [1.54, 1.807) is 0 Å². The third kappa shape index (κ3) is 17.2. The third-order valence-corrected chi connectivity index (χ3v) is 12.0. The molecule has 0 bridgehead atoms. The number of Topliss-reactive ketones (excluding diaryl/α,β-unsaturated/α-hetero) is 1. The zero-order valence-electron chi connectivity index (χ0n) is 36.1. The number of esters is 1. The minimum atomic E-state index is -2.26. The summed E-state index contributed by atoms with van der Waals surface area (Å²) in [5.41, 5.74) is 4.34. The monoisotopic (exact) mass is 800 g/mol. The number of aliphatic hydroxyl groups excluding tert-OH is 1. The first-order valence-corrected chi connectivity index (χ1v) is 23.5. The Hall–Kier alpha value is -2.63. The van der Waals surface area contributed by atoms with E-state index < -0.39 is 42.4 Å².